The third-order valence-electron chi connectivity index (χ3n) is 4.51. The first-order valence-electron chi connectivity index (χ1n) is 8.78. The summed E-state index contributed by atoms with van der Waals surface area (Å²) in [6.07, 6.45) is 1.73. The summed E-state index contributed by atoms with van der Waals surface area (Å²) in [4.78, 5) is 21.3. The van der Waals surface area contributed by atoms with E-state index in [9.17, 15) is 9.18 Å². The smallest absolute Gasteiger partial charge is 0.280 e. The topological polar surface area (TPSA) is 63.5 Å². The Balaban J connectivity index is 0.00000225. The monoisotopic (exact) mass is 425 g/mol. The number of aryl methyl sites for hydroxylation is 1. The Bertz CT molecular complexity index is 957. The maximum absolute atomic E-state index is 14.1. The van der Waals surface area contributed by atoms with Crippen LogP contribution in [-0.4, -0.2) is 65.0 Å². The first-order valence-corrected chi connectivity index (χ1v) is 9.60. The summed E-state index contributed by atoms with van der Waals surface area (Å²) in [7, 11) is 1.77. The van der Waals surface area contributed by atoms with Gasteiger partial charge in [-0.2, -0.15) is 5.10 Å². The number of hydrogen-bond donors (Lipinski definition) is 0. The van der Waals surface area contributed by atoms with E-state index in [0.29, 0.717) is 42.6 Å². The van der Waals surface area contributed by atoms with Gasteiger partial charge >= 0.3 is 0 Å². The zero-order chi connectivity index (χ0) is 18.8. The second-order valence-corrected chi connectivity index (χ2v) is 7.38. The maximum Gasteiger partial charge on any atom is 0.280 e. The number of halogens is 2. The molecule has 3 aromatic rings. The minimum atomic E-state index is -0.381. The highest BCUT2D eigenvalue weighted by molar-refractivity contribution is 7.22. The van der Waals surface area contributed by atoms with Gasteiger partial charge in [-0.25, -0.2) is 9.37 Å². The van der Waals surface area contributed by atoms with Crippen LogP contribution >= 0.6 is 23.7 Å². The van der Waals surface area contributed by atoms with E-state index in [-0.39, 0.29) is 24.1 Å². The van der Waals surface area contributed by atoms with Crippen molar-refractivity contribution in [3.63, 3.8) is 0 Å². The van der Waals surface area contributed by atoms with Crippen molar-refractivity contribution in [1.82, 2.24) is 19.7 Å². The van der Waals surface area contributed by atoms with Crippen molar-refractivity contribution < 1.29 is 13.9 Å². The van der Waals surface area contributed by atoms with Crippen LogP contribution in [0.4, 0.5) is 9.52 Å². The Kier molecular flexibility index (Phi) is 6.61. The quantitative estimate of drug-likeness (QED) is 0.628. The standard InChI is InChI=1S/C18H20FN5O2S.ClH/c1-22-6-5-14(21-22)17(25)24(8-7-23-9-11-26-12-10-23)18-20-16-13(19)3-2-4-15(16)27-18;/h2-6H,7-12H2,1H3;1H. The Hall–Kier alpha value is -2.07. The highest BCUT2D eigenvalue weighted by atomic mass is 35.5. The lowest BCUT2D eigenvalue weighted by Crippen LogP contribution is -2.43. The van der Waals surface area contributed by atoms with Gasteiger partial charge in [-0.1, -0.05) is 17.4 Å². The summed E-state index contributed by atoms with van der Waals surface area (Å²) in [5.74, 6) is -0.614. The molecule has 0 aliphatic carbocycles. The van der Waals surface area contributed by atoms with Gasteiger partial charge in [0.05, 0.1) is 17.9 Å². The van der Waals surface area contributed by atoms with Crippen LogP contribution in [0.15, 0.2) is 30.5 Å². The number of thiazole rings is 1. The minimum Gasteiger partial charge on any atom is -0.379 e. The molecular formula is C18H21ClFN5O2S. The number of amides is 1. The van der Waals surface area contributed by atoms with Crippen LogP contribution in [0.25, 0.3) is 10.2 Å². The fourth-order valence-corrected chi connectivity index (χ4v) is 4.04. The number of para-hydroxylation sites is 1. The van der Waals surface area contributed by atoms with E-state index in [1.54, 1.807) is 35.0 Å². The number of fused-ring (bicyclic) bond motifs is 1. The number of aromatic nitrogens is 3. The van der Waals surface area contributed by atoms with Gasteiger partial charge in [0.2, 0.25) is 0 Å². The maximum atomic E-state index is 14.1. The number of rotatable bonds is 5. The first kappa shape index (κ1) is 20.7. The van der Waals surface area contributed by atoms with E-state index in [2.05, 4.69) is 15.0 Å². The summed E-state index contributed by atoms with van der Waals surface area (Å²) < 4.78 is 21.8. The van der Waals surface area contributed by atoms with E-state index >= 15 is 0 Å². The highest BCUT2D eigenvalue weighted by Gasteiger charge is 2.24. The summed E-state index contributed by atoms with van der Waals surface area (Å²) in [6.45, 7) is 4.21. The highest BCUT2D eigenvalue weighted by Crippen LogP contribution is 2.31. The lowest BCUT2D eigenvalue weighted by Gasteiger charge is -2.29. The summed E-state index contributed by atoms with van der Waals surface area (Å²) in [5.41, 5.74) is 0.641. The van der Waals surface area contributed by atoms with Crippen molar-refractivity contribution in [2.24, 2.45) is 7.05 Å². The third kappa shape index (κ3) is 4.33. The molecular weight excluding hydrogens is 405 g/mol. The van der Waals surface area contributed by atoms with Gasteiger partial charge in [0.25, 0.3) is 5.91 Å². The molecule has 1 amide bonds. The molecule has 1 aromatic carbocycles. The summed E-state index contributed by atoms with van der Waals surface area (Å²) in [6, 6.07) is 6.52. The molecule has 0 saturated carbocycles. The lowest BCUT2D eigenvalue weighted by molar-refractivity contribution is 0.0391. The SMILES string of the molecule is Cl.Cn1ccc(C(=O)N(CCN2CCOCC2)c2nc3c(F)cccc3s2)n1. The van der Waals surface area contributed by atoms with Crippen LogP contribution < -0.4 is 4.90 Å². The van der Waals surface area contributed by atoms with Crippen LogP contribution in [0.5, 0.6) is 0 Å². The molecule has 1 fully saturated rings. The van der Waals surface area contributed by atoms with Crippen LogP contribution in [-0.2, 0) is 11.8 Å². The van der Waals surface area contributed by atoms with Crippen molar-refractivity contribution >= 4 is 45.0 Å². The molecule has 10 heteroatoms. The van der Waals surface area contributed by atoms with E-state index in [4.69, 9.17) is 4.74 Å². The fourth-order valence-electron chi connectivity index (χ4n) is 3.04. The Morgan fingerprint density at radius 1 is 1.32 bits per heavy atom. The largest absolute Gasteiger partial charge is 0.379 e. The predicted octanol–water partition coefficient (Wildman–Crippen LogP) is 2.57. The number of nitrogens with zero attached hydrogens (tertiary/aromatic N) is 5. The summed E-state index contributed by atoms with van der Waals surface area (Å²) >= 11 is 1.31. The van der Waals surface area contributed by atoms with Crippen LogP contribution in [0.1, 0.15) is 10.5 Å². The number of benzene rings is 1. The van der Waals surface area contributed by atoms with E-state index in [0.717, 1.165) is 17.8 Å². The van der Waals surface area contributed by atoms with Crippen LogP contribution in [0.3, 0.4) is 0 Å². The molecule has 7 nitrogen and oxygen atoms in total. The van der Waals surface area contributed by atoms with Gasteiger partial charge in [-0.15, -0.1) is 12.4 Å². The third-order valence-corrected chi connectivity index (χ3v) is 5.55. The molecule has 1 aliphatic rings. The zero-order valence-electron chi connectivity index (χ0n) is 15.4. The number of anilines is 1. The van der Waals surface area contributed by atoms with Gasteiger partial charge < -0.3 is 4.74 Å². The van der Waals surface area contributed by atoms with Gasteiger partial charge in [0.15, 0.2) is 10.8 Å². The molecule has 0 N–H and O–H groups in total. The molecule has 1 saturated heterocycles. The number of morpholine rings is 1. The Labute approximate surface area is 172 Å². The molecule has 0 atom stereocenters. The van der Waals surface area contributed by atoms with Gasteiger partial charge in [-0.3, -0.25) is 19.3 Å². The van der Waals surface area contributed by atoms with Crippen LogP contribution in [0, 0.1) is 5.82 Å². The van der Waals surface area contributed by atoms with Crippen LogP contribution in [0.2, 0.25) is 0 Å². The molecule has 0 radical (unpaired) electrons. The average molecular weight is 426 g/mol. The van der Waals surface area contributed by atoms with Crippen molar-refractivity contribution in [2.45, 2.75) is 0 Å². The molecule has 150 valence electrons. The van der Waals surface area contributed by atoms with Crippen molar-refractivity contribution in [3.8, 4) is 0 Å². The molecule has 0 bridgehead atoms. The second-order valence-electron chi connectivity index (χ2n) is 6.37. The molecule has 28 heavy (non-hydrogen) atoms. The van der Waals surface area contributed by atoms with Crippen molar-refractivity contribution in [1.29, 1.82) is 0 Å². The lowest BCUT2D eigenvalue weighted by atomic mass is 10.3. The number of carbonyl (C=O) groups excluding carboxylic acids is 1. The number of hydrogen-bond acceptors (Lipinski definition) is 6. The molecule has 4 rings (SSSR count). The number of carbonyl (C=O) groups is 1. The zero-order valence-corrected chi connectivity index (χ0v) is 17.0. The average Bonchev–Trinajstić information content (AvgIpc) is 3.30. The van der Waals surface area contributed by atoms with Crippen molar-refractivity contribution in [2.75, 3.05) is 44.3 Å². The minimum absolute atomic E-state index is 0. The van der Waals surface area contributed by atoms with Gasteiger partial charge in [-0.05, 0) is 18.2 Å². The van der Waals surface area contributed by atoms with Crippen molar-refractivity contribution in [3.05, 3.63) is 42.0 Å². The van der Waals surface area contributed by atoms with E-state index < -0.39 is 0 Å². The Morgan fingerprint density at radius 2 is 2.11 bits per heavy atom. The summed E-state index contributed by atoms with van der Waals surface area (Å²) in [5, 5.41) is 4.70. The molecule has 3 heterocycles. The second kappa shape index (κ2) is 8.95. The van der Waals surface area contributed by atoms with E-state index in [1.807, 2.05) is 6.07 Å². The fraction of sp³-hybridized carbons (Fsp3) is 0.389. The van der Waals surface area contributed by atoms with Gasteiger partial charge in [0, 0.05) is 39.4 Å². The van der Waals surface area contributed by atoms with Gasteiger partial charge in [0.1, 0.15) is 11.3 Å². The molecule has 0 unspecified atom stereocenters. The molecule has 1 aliphatic heterocycles. The molecule has 2 aromatic heterocycles. The van der Waals surface area contributed by atoms with E-state index in [1.165, 1.54) is 17.4 Å². The predicted molar refractivity (Wildman–Crippen MR) is 109 cm³/mol. The number of ether oxygens (including phenoxy) is 1. The molecule has 0 spiro atoms. The Morgan fingerprint density at radius 3 is 2.79 bits per heavy atom. The normalized spacial score (nSPS) is 14.8. The first-order chi connectivity index (χ1) is 13.1.